The van der Waals surface area contributed by atoms with Crippen LogP contribution < -0.4 is 5.32 Å². The fourth-order valence-electron chi connectivity index (χ4n) is 8.71. The minimum absolute atomic E-state index is 0.0532. The number of amides is 2. The van der Waals surface area contributed by atoms with Gasteiger partial charge in [0.05, 0.1) is 11.6 Å². The lowest BCUT2D eigenvalue weighted by molar-refractivity contribution is -0.104. The van der Waals surface area contributed by atoms with Gasteiger partial charge in [-0.05, 0) is 99.6 Å². The second kappa shape index (κ2) is 10.5. The molecule has 2 aromatic rings. The van der Waals surface area contributed by atoms with Crippen LogP contribution in [0.25, 0.3) is 0 Å². The van der Waals surface area contributed by atoms with Gasteiger partial charge < -0.3 is 19.9 Å². The highest BCUT2D eigenvalue weighted by molar-refractivity contribution is 5.76. The van der Waals surface area contributed by atoms with Crippen molar-refractivity contribution in [2.75, 3.05) is 32.8 Å². The van der Waals surface area contributed by atoms with E-state index in [2.05, 4.69) is 45.4 Å². The summed E-state index contributed by atoms with van der Waals surface area (Å²) >= 11 is 0. The first-order chi connectivity index (χ1) is 19.2. The van der Waals surface area contributed by atoms with E-state index in [1.54, 1.807) is 0 Å². The van der Waals surface area contributed by atoms with Crippen molar-refractivity contribution in [2.45, 2.75) is 100 Å². The number of rotatable bonds is 5. The van der Waals surface area contributed by atoms with E-state index in [0.29, 0.717) is 6.04 Å². The first-order valence-corrected chi connectivity index (χ1v) is 15.6. The third-order valence-electron chi connectivity index (χ3n) is 10.7. The molecular weight excluding hydrogens is 484 g/mol. The summed E-state index contributed by atoms with van der Waals surface area (Å²) in [6.45, 7) is 4.51. The molecule has 3 atom stereocenters. The summed E-state index contributed by atoms with van der Waals surface area (Å²) in [6.07, 6.45) is 15.5. The monoisotopic (exact) mass is 528 g/mol. The molecule has 4 heterocycles. The highest BCUT2D eigenvalue weighted by atomic mass is 16.5. The molecule has 3 fully saturated rings. The molecule has 2 unspecified atom stereocenters. The van der Waals surface area contributed by atoms with Crippen LogP contribution in [-0.2, 0) is 16.6 Å². The molecule has 1 N–H and O–H groups in total. The van der Waals surface area contributed by atoms with Crippen molar-refractivity contribution in [1.29, 1.82) is 0 Å². The van der Waals surface area contributed by atoms with Crippen LogP contribution >= 0.6 is 0 Å². The van der Waals surface area contributed by atoms with Crippen molar-refractivity contribution in [3.8, 4) is 0 Å². The van der Waals surface area contributed by atoms with Crippen LogP contribution in [-0.4, -0.2) is 59.2 Å². The molecule has 0 radical (unpaired) electrons. The molecule has 3 aliphatic heterocycles. The minimum Gasteiger partial charge on any atom is -0.375 e. The van der Waals surface area contributed by atoms with Crippen molar-refractivity contribution in [1.82, 2.24) is 20.1 Å². The van der Waals surface area contributed by atoms with Crippen LogP contribution in [0, 0.1) is 0 Å². The van der Waals surface area contributed by atoms with Crippen LogP contribution in [0.4, 0.5) is 4.79 Å². The van der Waals surface area contributed by atoms with Gasteiger partial charge in [0.25, 0.3) is 0 Å². The Morgan fingerprint density at radius 3 is 2.69 bits per heavy atom. The van der Waals surface area contributed by atoms with Crippen molar-refractivity contribution in [3.63, 3.8) is 0 Å². The van der Waals surface area contributed by atoms with Gasteiger partial charge in [0.2, 0.25) is 0 Å². The summed E-state index contributed by atoms with van der Waals surface area (Å²) in [4.78, 5) is 22.6. The van der Waals surface area contributed by atoms with Gasteiger partial charge in [-0.15, -0.1) is 0 Å². The first-order valence-electron chi connectivity index (χ1n) is 15.6. The van der Waals surface area contributed by atoms with E-state index < -0.39 is 0 Å². The summed E-state index contributed by atoms with van der Waals surface area (Å²) in [5.74, 6) is 0. The Balaban J connectivity index is 1.09. The summed E-state index contributed by atoms with van der Waals surface area (Å²) in [5, 5.41) is 4.01. The lowest BCUT2D eigenvalue weighted by atomic mass is 9.68. The second-order valence-electron chi connectivity index (χ2n) is 12.9. The molecule has 1 saturated carbocycles. The predicted molar refractivity (Wildman–Crippen MR) is 153 cm³/mol. The van der Waals surface area contributed by atoms with E-state index in [1.165, 1.54) is 48.1 Å². The summed E-state index contributed by atoms with van der Waals surface area (Å²) in [7, 11) is 0. The number of carbonyl (C=O) groups is 1. The molecule has 6 nitrogen and oxygen atoms in total. The zero-order valence-corrected chi connectivity index (χ0v) is 23.4. The fourth-order valence-corrected chi connectivity index (χ4v) is 8.71. The summed E-state index contributed by atoms with van der Waals surface area (Å²) in [6, 6.07) is 14.1. The number of hydrogen-bond acceptors (Lipinski definition) is 4. The smallest absolute Gasteiger partial charge is 0.320 e. The standard InChI is InChI=1S/C33H44N4O2/c38-31(36-20-5-6-21-36)37-22-13-25-8-7-9-26-27(11-12-28(37)30(25)26)34-19-16-32(29-10-1-4-18-35-29)17-23-39-33(24-32)14-2-3-15-33/h1,4,7-10,18,27-28,34H,2-3,5-6,11-17,19-24H2/t27?,28?,32-/m1/s1. The van der Waals surface area contributed by atoms with E-state index in [4.69, 9.17) is 9.72 Å². The molecule has 5 aliphatic rings. The van der Waals surface area contributed by atoms with Crippen LogP contribution in [0.5, 0.6) is 0 Å². The van der Waals surface area contributed by atoms with Gasteiger partial charge in [0.1, 0.15) is 0 Å². The Morgan fingerprint density at radius 1 is 1.00 bits per heavy atom. The molecule has 208 valence electrons. The largest absolute Gasteiger partial charge is 0.375 e. The number of urea groups is 1. The molecule has 2 aliphatic carbocycles. The third kappa shape index (κ3) is 4.67. The van der Waals surface area contributed by atoms with E-state index in [1.807, 2.05) is 12.3 Å². The molecule has 39 heavy (non-hydrogen) atoms. The molecule has 6 heteroatoms. The highest BCUT2D eigenvalue weighted by Gasteiger charge is 2.48. The lowest BCUT2D eigenvalue weighted by Crippen LogP contribution is -2.49. The SMILES string of the molecule is O=C(N1CCCC1)N1CCc2cccc3c2C1CCC3NCC[C@@]1(c2ccccn2)CCOC2(CCCC2)C1. The van der Waals surface area contributed by atoms with E-state index >= 15 is 0 Å². The molecule has 0 bridgehead atoms. The van der Waals surface area contributed by atoms with Gasteiger partial charge in [0.15, 0.2) is 0 Å². The summed E-state index contributed by atoms with van der Waals surface area (Å²) in [5.41, 5.74) is 5.69. The van der Waals surface area contributed by atoms with Gasteiger partial charge >= 0.3 is 6.03 Å². The van der Waals surface area contributed by atoms with E-state index in [9.17, 15) is 4.79 Å². The number of ether oxygens (including phenoxy) is 1. The van der Waals surface area contributed by atoms with Gasteiger partial charge in [-0.3, -0.25) is 4.98 Å². The zero-order chi connectivity index (χ0) is 26.3. The molecule has 1 aromatic carbocycles. The molecule has 2 amide bonds. The van der Waals surface area contributed by atoms with Crippen molar-refractivity contribution >= 4 is 6.03 Å². The molecule has 7 rings (SSSR count). The number of nitrogens with one attached hydrogen (secondary N) is 1. The normalized spacial score (nSPS) is 29.5. The molecule has 2 saturated heterocycles. The van der Waals surface area contributed by atoms with Gasteiger partial charge in [-0.2, -0.15) is 0 Å². The van der Waals surface area contributed by atoms with Gasteiger partial charge in [0, 0.05) is 49.6 Å². The van der Waals surface area contributed by atoms with E-state index in [0.717, 1.165) is 84.2 Å². The average Bonchev–Trinajstić information content (AvgIpc) is 3.68. The number of benzene rings is 1. The van der Waals surface area contributed by atoms with Gasteiger partial charge in [-0.1, -0.05) is 37.1 Å². The minimum atomic E-state index is 0.0532. The topological polar surface area (TPSA) is 57.7 Å². The number of pyridine rings is 1. The van der Waals surface area contributed by atoms with Gasteiger partial charge in [-0.25, -0.2) is 4.79 Å². The van der Waals surface area contributed by atoms with Crippen LogP contribution in [0.2, 0.25) is 0 Å². The van der Waals surface area contributed by atoms with Crippen molar-refractivity contribution in [3.05, 3.63) is 65.0 Å². The maximum absolute atomic E-state index is 13.4. The van der Waals surface area contributed by atoms with Crippen molar-refractivity contribution < 1.29 is 9.53 Å². The number of hydrogen-bond donors (Lipinski definition) is 1. The number of aromatic nitrogens is 1. The summed E-state index contributed by atoms with van der Waals surface area (Å²) < 4.78 is 6.47. The van der Waals surface area contributed by atoms with Crippen molar-refractivity contribution in [2.24, 2.45) is 0 Å². The van der Waals surface area contributed by atoms with E-state index in [-0.39, 0.29) is 23.1 Å². The Kier molecular flexibility index (Phi) is 6.88. The number of carbonyl (C=O) groups excluding carboxylic acids is 1. The Morgan fingerprint density at radius 2 is 1.87 bits per heavy atom. The average molecular weight is 529 g/mol. The molecule has 1 spiro atoms. The quantitative estimate of drug-likeness (QED) is 0.512. The fraction of sp³-hybridized carbons (Fsp3) is 0.636. The molecule has 1 aromatic heterocycles. The zero-order valence-electron chi connectivity index (χ0n) is 23.4. The van der Waals surface area contributed by atoms with Crippen LogP contribution in [0.3, 0.4) is 0 Å². The first kappa shape index (κ1) is 25.5. The lowest BCUT2D eigenvalue weighted by Gasteiger charge is -2.47. The number of likely N-dealkylation sites (tertiary alicyclic amines) is 1. The second-order valence-corrected chi connectivity index (χ2v) is 12.9. The Bertz CT molecular complexity index is 1170. The maximum Gasteiger partial charge on any atom is 0.320 e. The highest BCUT2D eigenvalue weighted by Crippen LogP contribution is 2.50. The van der Waals surface area contributed by atoms with Crippen LogP contribution in [0.1, 0.15) is 105 Å². The molecular formula is C33H44N4O2. The number of nitrogens with zero attached hydrogens (tertiary/aromatic N) is 3. The Labute approximate surface area is 233 Å². The predicted octanol–water partition coefficient (Wildman–Crippen LogP) is 6.07. The Hall–Kier alpha value is -2.44. The maximum atomic E-state index is 13.4. The third-order valence-corrected chi connectivity index (χ3v) is 10.7. The van der Waals surface area contributed by atoms with Crippen LogP contribution in [0.15, 0.2) is 42.6 Å².